The number of aromatic nitrogens is 4. The SMILES string of the molecule is CCNc1nc2sccn2c1S(=O)(=O)NCc1ncon1. The summed E-state index contributed by atoms with van der Waals surface area (Å²) in [6.07, 6.45) is 2.81. The maximum atomic E-state index is 12.5. The lowest BCUT2D eigenvalue weighted by molar-refractivity contribution is 0.409. The van der Waals surface area contributed by atoms with E-state index in [2.05, 4.69) is 29.7 Å². The van der Waals surface area contributed by atoms with Crippen LogP contribution in [0.3, 0.4) is 0 Å². The number of sulfonamides is 1. The Labute approximate surface area is 124 Å². The molecule has 0 aliphatic carbocycles. The Morgan fingerprint density at radius 3 is 3.05 bits per heavy atom. The molecule has 3 heterocycles. The molecule has 21 heavy (non-hydrogen) atoms. The number of hydrogen-bond donors (Lipinski definition) is 2. The first kappa shape index (κ1) is 14.0. The number of fused-ring (bicyclic) bond motifs is 1. The van der Waals surface area contributed by atoms with Gasteiger partial charge in [-0.2, -0.15) is 4.98 Å². The Morgan fingerprint density at radius 2 is 2.33 bits per heavy atom. The van der Waals surface area contributed by atoms with Crippen LogP contribution in [0, 0.1) is 0 Å². The molecule has 3 aromatic rings. The van der Waals surface area contributed by atoms with Gasteiger partial charge in [0.25, 0.3) is 10.0 Å². The summed E-state index contributed by atoms with van der Waals surface area (Å²) in [5, 5.41) is 8.37. The van der Waals surface area contributed by atoms with Crippen LogP contribution in [-0.4, -0.2) is 34.5 Å². The summed E-state index contributed by atoms with van der Waals surface area (Å²) in [5.41, 5.74) is 0. The zero-order valence-corrected chi connectivity index (χ0v) is 12.6. The maximum absolute atomic E-state index is 12.5. The van der Waals surface area contributed by atoms with E-state index in [-0.39, 0.29) is 17.4 Å². The third-order valence-corrected chi connectivity index (χ3v) is 4.82. The molecule has 0 atom stereocenters. The highest BCUT2D eigenvalue weighted by Crippen LogP contribution is 2.25. The molecule has 0 saturated heterocycles. The number of thiazole rings is 1. The molecular weight excluding hydrogens is 316 g/mol. The van der Waals surface area contributed by atoms with Crippen LogP contribution in [0.5, 0.6) is 0 Å². The van der Waals surface area contributed by atoms with Crippen molar-refractivity contribution in [2.75, 3.05) is 11.9 Å². The van der Waals surface area contributed by atoms with Gasteiger partial charge in [0.15, 0.2) is 21.6 Å². The molecule has 0 aliphatic heterocycles. The fourth-order valence-electron chi connectivity index (χ4n) is 1.80. The van der Waals surface area contributed by atoms with Gasteiger partial charge in [0, 0.05) is 18.1 Å². The molecule has 9 nitrogen and oxygen atoms in total. The van der Waals surface area contributed by atoms with E-state index in [0.29, 0.717) is 17.3 Å². The molecule has 0 amide bonds. The summed E-state index contributed by atoms with van der Waals surface area (Å²) in [6, 6.07) is 0. The van der Waals surface area contributed by atoms with Crippen LogP contribution >= 0.6 is 11.3 Å². The zero-order valence-electron chi connectivity index (χ0n) is 11.0. The molecule has 0 saturated carbocycles. The van der Waals surface area contributed by atoms with Gasteiger partial charge in [-0.15, -0.1) is 11.3 Å². The minimum absolute atomic E-state index is 0.0538. The highest BCUT2D eigenvalue weighted by atomic mass is 32.2. The average Bonchev–Trinajstić information content (AvgIpc) is 3.12. The van der Waals surface area contributed by atoms with Gasteiger partial charge in [-0.1, -0.05) is 5.16 Å². The third kappa shape index (κ3) is 2.62. The highest BCUT2D eigenvalue weighted by molar-refractivity contribution is 7.89. The van der Waals surface area contributed by atoms with E-state index in [1.165, 1.54) is 15.7 Å². The van der Waals surface area contributed by atoms with Gasteiger partial charge in [-0.3, -0.25) is 4.40 Å². The van der Waals surface area contributed by atoms with E-state index < -0.39 is 10.0 Å². The van der Waals surface area contributed by atoms with Crippen LogP contribution in [0.15, 0.2) is 27.5 Å². The minimum Gasteiger partial charge on any atom is -0.368 e. The van der Waals surface area contributed by atoms with Crippen LogP contribution in [-0.2, 0) is 16.6 Å². The van der Waals surface area contributed by atoms with Gasteiger partial charge in [0.2, 0.25) is 6.39 Å². The highest BCUT2D eigenvalue weighted by Gasteiger charge is 2.25. The van der Waals surface area contributed by atoms with Crippen LogP contribution < -0.4 is 10.0 Å². The smallest absolute Gasteiger partial charge is 0.260 e. The van der Waals surface area contributed by atoms with E-state index >= 15 is 0 Å². The van der Waals surface area contributed by atoms with Crippen molar-refractivity contribution in [2.24, 2.45) is 0 Å². The van der Waals surface area contributed by atoms with Gasteiger partial charge >= 0.3 is 0 Å². The Morgan fingerprint density at radius 1 is 1.48 bits per heavy atom. The van der Waals surface area contributed by atoms with E-state index in [1.807, 2.05) is 6.92 Å². The quantitative estimate of drug-likeness (QED) is 0.684. The Balaban J connectivity index is 1.96. The molecule has 2 N–H and O–H groups in total. The van der Waals surface area contributed by atoms with Crippen molar-refractivity contribution in [1.82, 2.24) is 24.2 Å². The zero-order chi connectivity index (χ0) is 14.9. The fraction of sp³-hybridized carbons (Fsp3) is 0.300. The molecule has 0 bridgehead atoms. The molecule has 0 aromatic carbocycles. The van der Waals surface area contributed by atoms with E-state index in [0.717, 1.165) is 6.39 Å². The summed E-state index contributed by atoms with van der Waals surface area (Å²) in [4.78, 5) is 8.65. The Hall–Kier alpha value is -1.98. The fourth-order valence-corrected chi connectivity index (χ4v) is 3.81. The van der Waals surface area contributed by atoms with Gasteiger partial charge in [0.1, 0.15) is 0 Å². The van der Waals surface area contributed by atoms with E-state index in [1.54, 1.807) is 11.6 Å². The monoisotopic (exact) mass is 328 g/mol. The van der Waals surface area contributed by atoms with Crippen molar-refractivity contribution in [3.05, 3.63) is 23.8 Å². The average molecular weight is 328 g/mol. The van der Waals surface area contributed by atoms with Crippen LogP contribution in [0.4, 0.5) is 5.82 Å². The molecular formula is C10H12N6O3S2. The molecule has 0 fully saturated rings. The number of imidazole rings is 1. The van der Waals surface area contributed by atoms with E-state index in [4.69, 9.17) is 0 Å². The van der Waals surface area contributed by atoms with Gasteiger partial charge in [0.05, 0.1) is 6.54 Å². The molecule has 11 heteroatoms. The van der Waals surface area contributed by atoms with E-state index in [9.17, 15) is 8.42 Å². The number of rotatable bonds is 6. The molecule has 0 unspecified atom stereocenters. The van der Waals surface area contributed by atoms with Crippen LogP contribution in [0.25, 0.3) is 4.96 Å². The minimum atomic E-state index is -3.77. The Kier molecular flexibility index (Phi) is 3.61. The molecule has 3 aromatic heterocycles. The van der Waals surface area contributed by atoms with Crippen molar-refractivity contribution in [3.63, 3.8) is 0 Å². The standard InChI is InChI=1S/C10H12N6O3S2/c1-2-11-8-9(16-3-4-20-10(16)14-8)21(17,18)13-5-7-12-6-19-15-7/h3-4,6,11,13H,2,5H2,1H3. The maximum Gasteiger partial charge on any atom is 0.260 e. The normalized spacial score (nSPS) is 12.0. The topological polar surface area (TPSA) is 114 Å². The predicted molar refractivity (Wildman–Crippen MR) is 75.6 cm³/mol. The molecule has 3 rings (SSSR count). The predicted octanol–water partition coefficient (Wildman–Crippen LogP) is 0.689. The lowest BCUT2D eigenvalue weighted by atomic mass is 10.6. The summed E-state index contributed by atoms with van der Waals surface area (Å²) in [6.45, 7) is 2.39. The van der Waals surface area contributed by atoms with Crippen molar-refractivity contribution in [3.8, 4) is 0 Å². The molecule has 0 radical (unpaired) electrons. The van der Waals surface area contributed by atoms with Gasteiger partial charge < -0.3 is 9.84 Å². The van der Waals surface area contributed by atoms with Gasteiger partial charge in [-0.25, -0.2) is 18.1 Å². The van der Waals surface area contributed by atoms with Gasteiger partial charge in [-0.05, 0) is 6.92 Å². The second kappa shape index (κ2) is 5.42. The third-order valence-electron chi connectivity index (χ3n) is 2.64. The Bertz CT molecular complexity index is 836. The molecule has 0 aliphatic rings. The first-order valence-corrected chi connectivity index (χ1v) is 8.42. The second-order valence-corrected chi connectivity index (χ2v) is 6.58. The number of hydrogen-bond acceptors (Lipinski definition) is 8. The van der Waals surface area contributed by atoms with Crippen molar-refractivity contribution in [2.45, 2.75) is 18.5 Å². The number of nitrogens with one attached hydrogen (secondary N) is 2. The van der Waals surface area contributed by atoms with Crippen LogP contribution in [0.2, 0.25) is 0 Å². The summed E-state index contributed by atoms with van der Waals surface area (Å²) in [7, 11) is -3.77. The molecule has 112 valence electrons. The summed E-state index contributed by atoms with van der Waals surface area (Å²) < 4.78 is 33.5. The second-order valence-electron chi connectivity index (χ2n) is 4.02. The summed E-state index contributed by atoms with van der Waals surface area (Å²) >= 11 is 1.36. The van der Waals surface area contributed by atoms with Crippen molar-refractivity contribution >= 4 is 32.1 Å². The number of nitrogens with zero attached hydrogens (tertiary/aromatic N) is 4. The first-order chi connectivity index (χ1) is 10.1. The lowest BCUT2D eigenvalue weighted by Gasteiger charge is -2.06. The first-order valence-electron chi connectivity index (χ1n) is 6.06. The van der Waals surface area contributed by atoms with Crippen molar-refractivity contribution < 1.29 is 12.9 Å². The summed E-state index contributed by atoms with van der Waals surface area (Å²) in [5.74, 6) is 0.583. The largest absolute Gasteiger partial charge is 0.368 e. The molecule has 0 spiro atoms. The van der Waals surface area contributed by atoms with Crippen molar-refractivity contribution in [1.29, 1.82) is 0 Å². The number of anilines is 1. The van der Waals surface area contributed by atoms with Crippen LogP contribution in [0.1, 0.15) is 12.7 Å². The lowest BCUT2D eigenvalue weighted by Crippen LogP contribution is -2.25.